The molecule has 0 saturated heterocycles. The summed E-state index contributed by atoms with van der Waals surface area (Å²) >= 11 is 0. The summed E-state index contributed by atoms with van der Waals surface area (Å²) in [5, 5.41) is 13.8. The molecule has 7 heteroatoms. The number of nitrogens with zero attached hydrogens (tertiary/aromatic N) is 4. The van der Waals surface area contributed by atoms with E-state index in [1.54, 1.807) is 36.4 Å². The number of rotatable bonds is 7. The van der Waals surface area contributed by atoms with Crippen molar-refractivity contribution >= 4 is 17.4 Å². The van der Waals surface area contributed by atoms with Gasteiger partial charge in [0.25, 0.3) is 0 Å². The molecular weight excluding hydrogens is 378 g/mol. The fourth-order valence-corrected chi connectivity index (χ4v) is 3.05. The Hall–Kier alpha value is -4.13. The summed E-state index contributed by atoms with van der Waals surface area (Å²) in [6, 6.07) is 24.6. The molecule has 0 bridgehead atoms. The van der Waals surface area contributed by atoms with E-state index in [0.717, 1.165) is 16.8 Å². The molecule has 0 unspecified atom stereocenters. The molecule has 1 amide bonds. The van der Waals surface area contributed by atoms with E-state index in [9.17, 15) is 9.59 Å². The first-order valence-corrected chi connectivity index (χ1v) is 9.51. The summed E-state index contributed by atoms with van der Waals surface area (Å²) in [5.74, 6) is -0.266. The van der Waals surface area contributed by atoms with Crippen molar-refractivity contribution in [3.63, 3.8) is 0 Å². The van der Waals surface area contributed by atoms with Crippen LogP contribution in [0.15, 0.2) is 85.2 Å². The first kappa shape index (κ1) is 19.2. The normalized spacial score (nSPS) is 10.5. The summed E-state index contributed by atoms with van der Waals surface area (Å²) in [5.41, 5.74) is 4.19. The lowest BCUT2D eigenvalue weighted by Gasteiger charge is -2.07. The number of aromatic nitrogens is 4. The highest BCUT2D eigenvalue weighted by atomic mass is 16.2. The third kappa shape index (κ3) is 4.64. The Kier molecular flexibility index (Phi) is 5.70. The molecule has 0 atom stereocenters. The van der Waals surface area contributed by atoms with Crippen LogP contribution in [0.5, 0.6) is 0 Å². The Morgan fingerprint density at radius 2 is 1.50 bits per heavy atom. The molecule has 0 aliphatic rings. The van der Waals surface area contributed by atoms with Crippen LogP contribution in [-0.4, -0.2) is 31.9 Å². The third-order valence-corrected chi connectivity index (χ3v) is 4.66. The minimum atomic E-state index is -0.209. The highest BCUT2D eigenvalue weighted by Gasteiger charge is 2.10. The lowest BCUT2D eigenvalue weighted by Crippen LogP contribution is -2.13. The van der Waals surface area contributed by atoms with Crippen molar-refractivity contribution < 1.29 is 9.59 Å². The van der Waals surface area contributed by atoms with E-state index in [1.165, 1.54) is 11.0 Å². The van der Waals surface area contributed by atoms with Crippen LogP contribution in [0.1, 0.15) is 23.2 Å². The number of carbonyl (C=O) groups is 2. The number of ketones is 1. The fourth-order valence-electron chi connectivity index (χ4n) is 3.05. The Labute approximate surface area is 173 Å². The number of hydrogen-bond donors (Lipinski definition) is 1. The van der Waals surface area contributed by atoms with Gasteiger partial charge in [-0.2, -0.15) is 0 Å². The molecule has 3 aromatic carbocycles. The molecular formula is C23H19N5O2. The van der Waals surface area contributed by atoms with Gasteiger partial charge in [0, 0.05) is 24.1 Å². The van der Waals surface area contributed by atoms with Crippen molar-refractivity contribution in [3.8, 4) is 16.8 Å². The van der Waals surface area contributed by atoms with Gasteiger partial charge in [0.2, 0.25) is 5.91 Å². The predicted octanol–water partition coefficient (Wildman–Crippen LogP) is 3.93. The van der Waals surface area contributed by atoms with Crippen molar-refractivity contribution in [2.45, 2.75) is 12.8 Å². The predicted molar refractivity (Wildman–Crippen MR) is 113 cm³/mol. The molecule has 4 aromatic rings. The SMILES string of the molecule is O=C(CCC(=O)c1ccc(-c2ccccc2)cc1)Nc1ccc(-n2cnnn2)cc1. The number of hydrogen-bond acceptors (Lipinski definition) is 5. The highest BCUT2D eigenvalue weighted by Crippen LogP contribution is 2.20. The van der Waals surface area contributed by atoms with Gasteiger partial charge in [-0.3, -0.25) is 9.59 Å². The Balaban J connectivity index is 1.30. The smallest absolute Gasteiger partial charge is 0.224 e. The summed E-state index contributed by atoms with van der Waals surface area (Å²) < 4.78 is 1.52. The van der Waals surface area contributed by atoms with E-state index in [0.29, 0.717) is 11.3 Å². The molecule has 1 heterocycles. The van der Waals surface area contributed by atoms with Crippen LogP contribution < -0.4 is 5.32 Å². The van der Waals surface area contributed by atoms with Crippen LogP contribution >= 0.6 is 0 Å². The minimum Gasteiger partial charge on any atom is -0.326 e. The lowest BCUT2D eigenvalue weighted by atomic mass is 10.0. The van der Waals surface area contributed by atoms with E-state index in [1.807, 2.05) is 42.5 Å². The fraction of sp³-hybridized carbons (Fsp3) is 0.0870. The topological polar surface area (TPSA) is 89.8 Å². The number of carbonyl (C=O) groups excluding carboxylic acids is 2. The molecule has 0 aliphatic carbocycles. The van der Waals surface area contributed by atoms with Crippen LogP contribution in [0, 0.1) is 0 Å². The van der Waals surface area contributed by atoms with Gasteiger partial charge in [0.05, 0.1) is 5.69 Å². The number of Topliss-reactive ketones (excluding diaryl/α,β-unsaturated/α-hetero) is 1. The van der Waals surface area contributed by atoms with Crippen LogP contribution in [0.2, 0.25) is 0 Å². The molecule has 148 valence electrons. The van der Waals surface area contributed by atoms with Gasteiger partial charge >= 0.3 is 0 Å². The van der Waals surface area contributed by atoms with Crippen LogP contribution in [0.4, 0.5) is 5.69 Å². The van der Waals surface area contributed by atoms with Crippen molar-refractivity contribution in [2.24, 2.45) is 0 Å². The van der Waals surface area contributed by atoms with Crippen molar-refractivity contribution in [3.05, 3.63) is 90.8 Å². The van der Waals surface area contributed by atoms with Crippen molar-refractivity contribution in [1.29, 1.82) is 0 Å². The molecule has 1 aromatic heterocycles. The molecule has 7 nitrogen and oxygen atoms in total. The number of nitrogens with one attached hydrogen (secondary N) is 1. The maximum Gasteiger partial charge on any atom is 0.224 e. The van der Waals surface area contributed by atoms with Gasteiger partial charge in [0.15, 0.2) is 5.78 Å². The maximum atomic E-state index is 12.4. The summed E-state index contributed by atoms with van der Waals surface area (Å²) in [7, 11) is 0. The van der Waals surface area contributed by atoms with Gasteiger partial charge in [-0.15, -0.1) is 5.10 Å². The first-order valence-electron chi connectivity index (χ1n) is 9.51. The van der Waals surface area contributed by atoms with E-state index >= 15 is 0 Å². The van der Waals surface area contributed by atoms with Gasteiger partial charge in [0.1, 0.15) is 6.33 Å². The average Bonchev–Trinajstić information content (AvgIpc) is 3.34. The third-order valence-electron chi connectivity index (χ3n) is 4.66. The molecule has 0 aliphatic heterocycles. The first-order chi connectivity index (χ1) is 14.7. The van der Waals surface area contributed by atoms with Crippen LogP contribution in [-0.2, 0) is 4.79 Å². The molecule has 0 spiro atoms. The van der Waals surface area contributed by atoms with Crippen molar-refractivity contribution in [1.82, 2.24) is 20.2 Å². The quantitative estimate of drug-likeness (QED) is 0.477. The molecule has 1 N–H and O–H groups in total. The summed E-state index contributed by atoms with van der Waals surface area (Å²) in [4.78, 5) is 24.6. The average molecular weight is 397 g/mol. The van der Waals surface area contributed by atoms with Gasteiger partial charge in [-0.05, 0) is 45.8 Å². The summed E-state index contributed by atoms with van der Waals surface area (Å²) in [6.45, 7) is 0. The zero-order valence-electron chi connectivity index (χ0n) is 16.1. The van der Waals surface area contributed by atoms with E-state index < -0.39 is 0 Å². The van der Waals surface area contributed by atoms with Crippen molar-refractivity contribution in [2.75, 3.05) is 5.32 Å². The monoisotopic (exact) mass is 397 g/mol. The second-order valence-corrected chi connectivity index (χ2v) is 6.72. The largest absolute Gasteiger partial charge is 0.326 e. The molecule has 4 rings (SSSR count). The number of anilines is 1. The Morgan fingerprint density at radius 3 is 2.17 bits per heavy atom. The van der Waals surface area contributed by atoms with Crippen LogP contribution in [0.3, 0.4) is 0 Å². The second kappa shape index (κ2) is 8.91. The zero-order valence-corrected chi connectivity index (χ0v) is 16.1. The van der Waals surface area contributed by atoms with E-state index in [2.05, 4.69) is 20.8 Å². The molecule has 0 fully saturated rings. The second-order valence-electron chi connectivity index (χ2n) is 6.72. The standard InChI is InChI=1S/C23H19N5O2/c29-22(19-8-6-18(7-9-19)17-4-2-1-3-5-17)14-15-23(30)25-20-10-12-21(13-11-20)28-16-24-26-27-28/h1-13,16H,14-15H2,(H,25,30). The highest BCUT2D eigenvalue weighted by molar-refractivity contribution is 6.00. The molecule has 30 heavy (non-hydrogen) atoms. The molecule has 0 saturated carbocycles. The minimum absolute atomic E-state index is 0.0567. The van der Waals surface area contributed by atoms with Gasteiger partial charge < -0.3 is 5.32 Å². The number of tetrazole rings is 1. The summed E-state index contributed by atoms with van der Waals surface area (Å²) in [6.07, 6.45) is 1.76. The van der Waals surface area contributed by atoms with Gasteiger partial charge in [-0.1, -0.05) is 54.6 Å². The van der Waals surface area contributed by atoms with E-state index in [4.69, 9.17) is 0 Å². The Bertz CT molecular complexity index is 1120. The van der Waals surface area contributed by atoms with Crippen LogP contribution in [0.25, 0.3) is 16.8 Å². The van der Waals surface area contributed by atoms with E-state index in [-0.39, 0.29) is 24.5 Å². The number of benzene rings is 3. The zero-order chi connectivity index (χ0) is 20.8. The number of amides is 1. The van der Waals surface area contributed by atoms with Gasteiger partial charge in [-0.25, -0.2) is 4.68 Å². The lowest BCUT2D eigenvalue weighted by molar-refractivity contribution is -0.116. The Morgan fingerprint density at radius 1 is 0.800 bits per heavy atom. The maximum absolute atomic E-state index is 12.4. The molecule has 0 radical (unpaired) electrons.